The summed E-state index contributed by atoms with van der Waals surface area (Å²) in [5, 5.41) is 3.11. The molecule has 0 fully saturated rings. The van der Waals surface area contributed by atoms with Crippen LogP contribution in [0.15, 0.2) is 17.3 Å². The molecule has 0 atom stereocenters. The van der Waals surface area contributed by atoms with Crippen molar-refractivity contribution in [1.29, 1.82) is 0 Å². The van der Waals surface area contributed by atoms with Crippen LogP contribution in [0, 0.1) is 11.6 Å². The molecular weight excluding hydrogens is 260 g/mol. The summed E-state index contributed by atoms with van der Waals surface area (Å²) in [5.41, 5.74) is 0.750. The van der Waals surface area contributed by atoms with Crippen molar-refractivity contribution in [3.05, 3.63) is 23.8 Å². The summed E-state index contributed by atoms with van der Waals surface area (Å²) >= 11 is 1.18. The highest BCUT2D eigenvalue weighted by atomic mass is 32.2. The molecule has 96 valence electrons. The molecule has 0 saturated carbocycles. The van der Waals surface area contributed by atoms with E-state index in [0.29, 0.717) is 22.7 Å². The lowest BCUT2D eigenvalue weighted by molar-refractivity contribution is -0.118. The Morgan fingerprint density at radius 1 is 1.44 bits per heavy atom. The van der Waals surface area contributed by atoms with Crippen LogP contribution in [0.1, 0.15) is 6.92 Å². The molecule has 2 N–H and O–H groups in total. The fraction of sp³-hybridized carbons (Fsp3) is 0.273. The molecule has 0 unspecified atom stereocenters. The number of carbonyl (C=O) groups excluding carboxylic acids is 1. The quantitative estimate of drug-likeness (QED) is 0.837. The second kappa shape index (κ2) is 5.34. The van der Waals surface area contributed by atoms with Gasteiger partial charge in [0.2, 0.25) is 5.91 Å². The van der Waals surface area contributed by atoms with E-state index in [2.05, 4.69) is 15.3 Å². The Morgan fingerprint density at radius 2 is 2.17 bits per heavy atom. The summed E-state index contributed by atoms with van der Waals surface area (Å²) in [7, 11) is 0. The topological polar surface area (TPSA) is 57.8 Å². The van der Waals surface area contributed by atoms with Crippen LogP contribution in [0.2, 0.25) is 0 Å². The first-order chi connectivity index (χ1) is 8.60. The predicted molar refractivity (Wildman–Crippen MR) is 65.4 cm³/mol. The minimum absolute atomic E-state index is 0.111. The Labute approximate surface area is 106 Å². The highest BCUT2D eigenvalue weighted by Crippen LogP contribution is 2.21. The number of aromatic nitrogens is 2. The average molecular weight is 271 g/mol. The maximum absolute atomic E-state index is 13.0. The Balaban J connectivity index is 2.13. The molecule has 0 radical (unpaired) electrons. The van der Waals surface area contributed by atoms with Gasteiger partial charge in [-0.1, -0.05) is 11.8 Å². The number of amides is 1. The van der Waals surface area contributed by atoms with Crippen molar-refractivity contribution in [2.24, 2.45) is 0 Å². The maximum atomic E-state index is 13.0. The zero-order valence-electron chi connectivity index (χ0n) is 9.59. The van der Waals surface area contributed by atoms with Gasteiger partial charge in [0.05, 0.1) is 16.8 Å². The van der Waals surface area contributed by atoms with Crippen molar-refractivity contribution in [2.75, 3.05) is 12.3 Å². The summed E-state index contributed by atoms with van der Waals surface area (Å²) in [4.78, 5) is 18.1. The molecule has 2 aromatic rings. The Bertz CT molecular complexity index is 546. The molecular formula is C11H11F2N3OS. The first-order valence-corrected chi connectivity index (χ1v) is 6.33. The monoisotopic (exact) mass is 271 g/mol. The normalized spacial score (nSPS) is 10.8. The molecule has 0 bridgehead atoms. The van der Waals surface area contributed by atoms with Gasteiger partial charge in [0.1, 0.15) is 0 Å². The van der Waals surface area contributed by atoms with E-state index in [1.165, 1.54) is 11.8 Å². The van der Waals surface area contributed by atoms with Crippen LogP contribution in [-0.2, 0) is 4.79 Å². The molecule has 0 aliphatic carbocycles. The predicted octanol–water partition coefficient (Wildman–Crippen LogP) is 2.07. The summed E-state index contributed by atoms with van der Waals surface area (Å²) in [6.45, 7) is 2.39. The van der Waals surface area contributed by atoms with Gasteiger partial charge in [0.15, 0.2) is 16.8 Å². The van der Waals surface area contributed by atoms with Crippen molar-refractivity contribution >= 4 is 28.7 Å². The Morgan fingerprint density at radius 3 is 2.89 bits per heavy atom. The van der Waals surface area contributed by atoms with E-state index in [1.54, 1.807) is 0 Å². The molecule has 0 aliphatic rings. The van der Waals surface area contributed by atoms with Crippen LogP contribution in [-0.4, -0.2) is 28.2 Å². The Hall–Kier alpha value is -1.63. The van der Waals surface area contributed by atoms with Crippen molar-refractivity contribution in [1.82, 2.24) is 15.3 Å². The Kier molecular flexibility index (Phi) is 3.81. The number of hydrogen-bond donors (Lipinski definition) is 2. The van der Waals surface area contributed by atoms with Crippen LogP contribution in [0.5, 0.6) is 0 Å². The van der Waals surface area contributed by atoms with Crippen LogP contribution in [0.3, 0.4) is 0 Å². The largest absolute Gasteiger partial charge is 0.356 e. The fourth-order valence-electron chi connectivity index (χ4n) is 1.43. The number of benzene rings is 1. The van der Waals surface area contributed by atoms with Crippen molar-refractivity contribution < 1.29 is 13.6 Å². The van der Waals surface area contributed by atoms with Gasteiger partial charge in [-0.2, -0.15) is 0 Å². The van der Waals surface area contributed by atoms with Crippen molar-refractivity contribution in [3.8, 4) is 0 Å². The molecule has 1 heterocycles. The molecule has 2 rings (SSSR count). The van der Waals surface area contributed by atoms with Crippen molar-refractivity contribution in [2.45, 2.75) is 12.1 Å². The van der Waals surface area contributed by atoms with E-state index < -0.39 is 11.6 Å². The third-order valence-electron chi connectivity index (χ3n) is 2.22. The number of fused-ring (bicyclic) bond motifs is 1. The minimum atomic E-state index is -0.936. The highest BCUT2D eigenvalue weighted by Gasteiger charge is 2.10. The number of H-pyrrole nitrogens is 1. The van der Waals surface area contributed by atoms with Gasteiger partial charge in [-0.15, -0.1) is 0 Å². The van der Waals surface area contributed by atoms with Crippen molar-refractivity contribution in [3.63, 3.8) is 0 Å². The van der Waals surface area contributed by atoms with Crippen LogP contribution >= 0.6 is 11.8 Å². The van der Waals surface area contributed by atoms with Gasteiger partial charge in [-0.3, -0.25) is 4.79 Å². The molecule has 18 heavy (non-hydrogen) atoms. The van der Waals surface area contributed by atoms with E-state index in [0.717, 1.165) is 12.1 Å². The van der Waals surface area contributed by atoms with Gasteiger partial charge in [0.25, 0.3) is 0 Å². The molecule has 0 spiro atoms. The standard InChI is InChI=1S/C11H11F2N3OS/c1-2-14-10(17)5-18-11-15-8-3-6(12)7(13)4-9(8)16-11/h3-4H,2,5H2,1H3,(H,14,17)(H,15,16). The first-order valence-electron chi connectivity index (χ1n) is 5.34. The lowest BCUT2D eigenvalue weighted by Gasteiger charge is -1.98. The fourth-order valence-corrected chi connectivity index (χ4v) is 2.15. The minimum Gasteiger partial charge on any atom is -0.356 e. The van der Waals surface area contributed by atoms with E-state index in [-0.39, 0.29) is 11.7 Å². The summed E-state index contributed by atoms with van der Waals surface area (Å²) in [6, 6.07) is 2.07. The summed E-state index contributed by atoms with van der Waals surface area (Å²) in [5.74, 6) is -1.76. The number of nitrogens with zero attached hydrogens (tertiary/aromatic N) is 1. The van der Waals surface area contributed by atoms with Crippen LogP contribution in [0.25, 0.3) is 11.0 Å². The zero-order valence-corrected chi connectivity index (χ0v) is 10.4. The van der Waals surface area contributed by atoms with Gasteiger partial charge in [0, 0.05) is 18.7 Å². The number of thioether (sulfide) groups is 1. The number of imidazole rings is 1. The zero-order chi connectivity index (χ0) is 13.1. The van der Waals surface area contributed by atoms with Gasteiger partial charge in [-0.05, 0) is 6.92 Å². The number of aromatic amines is 1. The van der Waals surface area contributed by atoms with Gasteiger partial charge in [-0.25, -0.2) is 13.8 Å². The summed E-state index contributed by atoms with van der Waals surface area (Å²) in [6.07, 6.45) is 0. The highest BCUT2D eigenvalue weighted by molar-refractivity contribution is 7.99. The lowest BCUT2D eigenvalue weighted by Crippen LogP contribution is -2.24. The number of nitrogens with one attached hydrogen (secondary N) is 2. The molecule has 1 amide bonds. The molecule has 0 aliphatic heterocycles. The molecule has 1 aromatic heterocycles. The smallest absolute Gasteiger partial charge is 0.230 e. The molecule has 1 aromatic carbocycles. The van der Waals surface area contributed by atoms with E-state index >= 15 is 0 Å². The van der Waals surface area contributed by atoms with Gasteiger partial charge >= 0.3 is 0 Å². The lowest BCUT2D eigenvalue weighted by atomic mass is 10.3. The number of carbonyl (C=O) groups is 1. The van der Waals surface area contributed by atoms with E-state index in [1.807, 2.05) is 6.92 Å². The third kappa shape index (κ3) is 2.79. The average Bonchev–Trinajstić information content (AvgIpc) is 2.69. The number of halogens is 2. The second-order valence-electron chi connectivity index (χ2n) is 3.57. The van der Waals surface area contributed by atoms with Crippen LogP contribution < -0.4 is 5.32 Å². The van der Waals surface area contributed by atoms with Gasteiger partial charge < -0.3 is 10.3 Å². The van der Waals surface area contributed by atoms with E-state index in [4.69, 9.17) is 0 Å². The number of rotatable bonds is 4. The second-order valence-corrected chi connectivity index (χ2v) is 4.53. The SMILES string of the molecule is CCNC(=O)CSc1nc2cc(F)c(F)cc2[nH]1. The molecule has 0 saturated heterocycles. The third-order valence-corrected chi connectivity index (χ3v) is 3.09. The molecule has 4 nitrogen and oxygen atoms in total. The number of hydrogen-bond acceptors (Lipinski definition) is 3. The maximum Gasteiger partial charge on any atom is 0.230 e. The first kappa shape index (κ1) is 12.8. The van der Waals surface area contributed by atoms with E-state index in [9.17, 15) is 13.6 Å². The molecule has 7 heteroatoms. The summed E-state index contributed by atoms with van der Waals surface area (Å²) < 4.78 is 26.0. The van der Waals surface area contributed by atoms with Crippen LogP contribution in [0.4, 0.5) is 8.78 Å².